The van der Waals surface area contributed by atoms with E-state index in [2.05, 4.69) is 10.6 Å². The number of nitrogens with zero attached hydrogens (tertiary/aromatic N) is 1. The molecule has 0 bridgehead atoms. The number of urea groups is 1. The summed E-state index contributed by atoms with van der Waals surface area (Å²) in [5.74, 6) is 0.671. The number of furan rings is 1. The molecule has 1 aromatic heterocycles. The summed E-state index contributed by atoms with van der Waals surface area (Å²) in [7, 11) is 0. The lowest BCUT2D eigenvalue weighted by Gasteiger charge is -2.32. The lowest BCUT2D eigenvalue weighted by molar-refractivity contribution is 0.0918. The van der Waals surface area contributed by atoms with Gasteiger partial charge in [0.1, 0.15) is 5.76 Å². The molecule has 0 atom stereocenters. The Kier molecular flexibility index (Phi) is 5.15. The Labute approximate surface area is 140 Å². The molecule has 0 unspecified atom stereocenters. The Morgan fingerprint density at radius 2 is 1.83 bits per heavy atom. The Hall–Kier alpha value is -2.76. The van der Waals surface area contributed by atoms with Crippen LogP contribution in [0.25, 0.3) is 0 Å². The van der Waals surface area contributed by atoms with Crippen molar-refractivity contribution in [1.82, 2.24) is 15.5 Å². The van der Waals surface area contributed by atoms with E-state index in [1.165, 1.54) is 0 Å². The van der Waals surface area contributed by atoms with E-state index in [1.54, 1.807) is 29.4 Å². The van der Waals surface area contributed by atoms with E-state index in [4.69, 9.17) is 4.42 Å². The van der Waals surface area contributed by atoms with Gasteiger partial charge in [0.25, 0.3) is 5.91 Å². The topological polar surface area (TPSA) is 74.6 Å². The third-order valence-electron chi connectivity index (χ3n) is 4.15. The molecule has 2 N–H and O–H groups in total. The Bertz CT molecular complexity index is 662. The summed E-state index contributed by atoms with van der Waals surface area (Å²) in [6, 6.07) is 12.8. The summed E-state index contributed by atoms with van der Waals surface area (Å²) < 4.78 is 5.19. The first-order valence-corrected chi connectivity index (χ1v) is 8.13. The highest BCUT2D eigenvalue weighted by atomic mass is 16.3. The van der Waals surface area contributed by atoms with E-state index >= 15 is 0 Å². The maximum Gasteiger partial charge on any atom is 0.317 e. The molecule has 2 heterocycles. The van der Waals surface area contributed by atoms with Gasteiger partial charge in [-0.05, 0) is 37.1 Å². The molecule has 126 valence electrons. The fourth-order valence-electron chi connectivity index (χ4n) is 2.77. The minimum atomic E-state index is -0.0979. The van der Waals surface area contributed by atoms with Crippen LogP contribution in [0.1, 0.15) is 29.0 Å². The van der Waals surface area contributed by atoms with Crippen molar-refractivity contribution in [2.45, 2.75) is 25.4 Å². The van der Waals surface area contributed by atoms with Gasteiger partial charge in [0.05, 0.1) is 12.8 Å². The third-order valence-corrected chi connectivity index (χ3v) is 4.15. The average molecular weight is 327 g/mol. The zero-order valence-corrected chi connectivity index (χ0v) is 13.4. The number of piperidine rings is 1. The van der Waals surface area contributed by atoms with Crippen LogP contribution in [0.3, 0.4) is 0 Å². The van der Waals surface area contributed by atoms with E-state index < -0.39 is 0 Å². The van der Waals surface area contributed by atoms with E-state index in [0.29, 0.717) is 25.2 Å². The Morgan fingerprint density at radius 1 is 1.08 bits per heavy atom. The van der Waals surface area contributed by atoms with Crippen molar-refractivity contribution in [2.24, 2.45) is 0 Å². The number of rotatable bonds is 4. The number of carbonyl (C=O) groups excluding carboxylic acids is 2. The van der Waals surface area contributed by atoms with Crippen LogP contribution in [0, 0.1) is 0 Å². The monoisotopic (exact) mass is 327 g/mol. The van der Waals surface area contributed by atoms with Crippen molar-refractivity contribution in [3.63, 3.8) is 0 Å². The third kappa shape index (κ3) is 4.16. The smallest absolute Gasteiger partial charge is 0.317 e. The molecule has 0 saturated carbocycles. The maximum atomic E-state index is 12.1. The second-order valence-corrected chi connectivity index (χ2v) is 5.84. The highest BCUT2D eigenvalue weighted by Gasteiger charge is 2.24. The van der Waals surface area contributed by atoms with Crippen LogP contribution < -0.4 is 10.6 Å². The van der Waals surface area contributed by atoms with Crippen LogP contribution in [0.2, 0.25) is 0 Å². The molecule has 6 heteroatoms. The average Bonchev–Trinajstić information content (AvgIpc) is 3.14. The molecule has 1 fully saturated rings. The lowest BCUT2D eigenvalue weighted by Crippen LogP contribution is -2.49. The standard InChI is InChI=1S/C18H21N3O3/c22-17(14-5-2-1-3-6-14)20-15-8-10-21(11-9-15)18(23)19-13-16-7-4-12-24-16/h1-7,12,15H,8-11,13H2,(H,19,23)(H,20,22). The number of carbonyl (C=O) groups is 2. The zero-order valence-electron chi connectivity index (χ0n) is 13.4. The van der Waals surface area contributed by atoms with Crippen LogP contribution in [0.4, 0.5) is 4.79 Å². The quantitative estimate of drug-likeness (QED) is 0.905. The lowest BCUT2D eigenvalue weighted by atomic mass is 10.0. The Morgan fingerprint density at radius 3 is 2.50 bits per heavy atom. The summed E-state index contributed by atoms with van der Waals surface area (Å²) >= 11 is 0. The summed E-state index contributed by atoms with van der Waals surface area (Å²) in [4.78, 5) is 26.0. The number of hydrogen-bond donors (Lipinski definition) is 2. The number of likely N-dealkylation sites (tertiary alicyclic amines) is 1. The first-order valence-electron chi connectivity index (χ1n) is 8.13. The number of benzene rings is 1. The SMILES string of the molecule is O=C(NC1CCN(C(=O)NCc2ccco2)CC1)c1ccccc1. The molecule has 1 aliphatic heterocycles. The normalized spacial score (nSPS) is 15.1. The van der Waals surface area contributed by atoms with E-state index in [1.807, 2.05) is 24.3 Å². The van der Waals surface area contributed by atoms with Gasteiger partial charge < -0.3 is 20.0 Å². The molecule has 24 heavy (non-hydrogen) atoms. The van der Waals surface area contributed by atoms with Crippen molar-refractivity contribution >= 4 is 11.9 Å². The van der Waals surface area contributed by atoms with Crippen molar-refractivity contribution in [1.29, 1.82) is 0 Å². The zero-order chi connectivity index (χ0) is 16.8. The van der Waals surface area contributed by atoms with E-state index in [0.717, 1.165) is 18.6 Å². The van der Waals surface area contributed by atoms with Crippen molar-refractivity contribution in [3.8, 4) is 0 Å². The summed E-state index contributed by atoms with van der Waals surface area (Å²) in [5, 5.41) is 5.88. The molecule has 0 spiro atoms. The van der Waals surface area contributed by atoms with Gasteiger partial charge in [-0.3, -0.25) is 4.79 Å². The molecule has 1 aromatic carbocycles. The number of amides is 3. The van der Waals surface area contributed by atoms with Gasteiger partial charge >= 0.3 is 6.03 Å². The first-order chi connectivity index (χ1) is 11.7. The van der Waals surface area contributed by atoms with Crippen molar-refractivity contribution in [2.75, 3.05) is 13.1 Å². The molecule has 0 radical (unpaired) electrons. The largest absolute Gasteiger partial charge is 0.467 e. The fraction of sp³-hybridized carbons (Fsp3) is 0.333. The molecular formula is C18H21N3O3. The minimum Gasteiger partial charge on any atom is -0.467 e. The van der Waals surface area contributed by atoms with Crippen LogP contribution in [0.5, 0.6) is 0 Å². The molecule has 1 saturated heterocycles. The van der Waals surface area contributed by atoms with Gasteiger partial charge in [-0.25, -0.2) is 4.79 Å². The minimum absolute atomic E-state index is 0.0590. The summed E-state index contributed by atoms with van der Waals surface area (Å²) in [6.07, 6.45) is 3.10. The molecule has 3 amide bonds. The molecule has 1 aliphatic rings. The van der Waals surface area contributed by atoms with Gasteiger partial charge in [-0.15, -0.1) is 0 Å². The van der Waals surface area contributed by atoms with Crippen molar-refractivity contribution in [3.05, 3.63) is 60.1 Å². The number of hydrogen-bond acceptors (Lipinski definition) is 3. The van der Waals surface area contributed by atoms with Gasteiger partial charge in [0.2, 0.25) is 0 Å². The van der Waals surface area contributed by atoms with Crippen LogP contribution >= 0.6 is 0 Å². The molecule has 6 nitrogen and oxygen atoms in total. The second kappa shape index (κ2) is 7.68. The summed E-state index contributed by atoms with van der Waals surface area (Å²) in [6.45, 7) is 1.64. The summed E-state index contributed by atoms with van der Waals surface area (Å²) in [5.41, 5.74) is 0.663. The first kappa shape index (κ1) is 16.1. The van der Waals surface area contributed by atoms with E-state index in [-0.39, 0.29) is 18.0 Å². The van der Waals surface area contributed by atoms with Gasteiger partial charge in [-0.1, -0.05) is 18.2 Å². The van der Waals surface area contributed by atoms with E-state index in [9.17, 15) is 9.59 Å². The highest BCUT2D eigenvalue weighted by molar-refractivity contribution is 5.94. The fourth-order valence-corrected chi connectivity index (χ4v) is 2.77. The van der Waals surface area contributed by atoms with Gasteiger partial charge in [-0.2, -0.15) is 0 Å². The maximum absolute atomic E-state index is 12.1. The molecule has 0 aliphatic carbocycles. The highest BCUT2D eigenvalue weighted by Crippen LogP contribution is 2.12. The second-order valence-electron chi connectivity index (χ2n) is 5.84. The molecule has 3 rings (SSSR count). The molecular weight excluding hydrogens is 306 g/mol. The van der Waals surface area contributed by atoms with Crippen molar-refractivity contribution < 1.29 is 14.0 Å². The van der Waals surface area contributed by atoms with Crippen LogP contribution in [0.15, 0.2) is 53.1 Å². The number of nitrogens with one attached hydrogen (secondary N) is 2. The Balaban J connectivity index is 1.42. The van der Waals surface area contributed by atoms with Gasteiger partial charge in [0, 0.05) is 24.7 Å². The molecule has 2 aromatic rings. The van der Waals surface area contributed by atoms with Crippen LogP contribution in [-0.2, 0) is 6.54 Å². The predicted octanol–water partition coefficient (Wildman–Crippen LogP) is 2.38. The predicted molar refractivity (Wildman–Crippen MR) is 89.4 cm³/mol. The van der Waals surface area contributed by atoms with Gasteiger partial charge in [0.15, 0.2) is 0 Å². The van der Waals surface area contributed by atoms with Crippen LogP contribution in [-0.4, -0.2) is 36.0 Å².